The smallest absolute Gasteiger partial charge is 0.493 e. The van der Waals surface area contributed by atoms with Crippen LogP contribution < -0.4 is 9.47 Å². The second-order valence-corrected chi connectivity index (χ2v) is 7.77. The summed E-state index contributed by atoms with van der Waals surface area (Å²) in [6, 6.07) is 9.48. The average molecular weight is 440 g/mol. The van der Waals surface area contributed by atoms with Crippen molar-refractivity contribution < 1.29 is 42.7 Å². The summed E-state index contributed by atoms with van der Waals surface area (Å²) in [6.45, 7) is 0.109. The van der Waals surface area contributed by atoms with Gasteiger partial charge in [0.2, 0.25) is 0 Å². The first-order valence-corrected chi connectivity index (χ1v) is 9.99. The molecule has 9 heteroatoms. The molecule has 0 aromatic heterocycles. The average Bonchev–Trinajstić information content (AvgIpc) is 3.19. The van der Waals surface area contributed by atoms with E-state index in [2.05, 4.69) is 4.74 Å². The van der Waals surface area contributed by atoms with Crippen molar-refractivity contribution in [1.29, 1.82) is 0 Å². The van der Waals surface area contributed by atoms with Crippen molar-refractivity contribution in [2.75, 3.05) is 13.2 Å². The number of hydrogen-bond donors (Lipinski definition) is 3. The van der Waals surface area contributed by atoms with Gasteiger partial charge in [-0.15, -0.1) is 13.2 Å². The number of alkyl halides is 3. The molecule has 2 heterocycles. The second-order valence-electron chi connectivity index (χ2n) is 7.77. The molecule has 0 bridgehead atoms. The molecule has 31 heavy (non-hydrogen) atoms. The molecule has 4 rings (SSSR count). The maximum atomic E-state index is 12.4. The van der Waals surface area contributed by atoms with Gasteiger partial charge in [0.05, 0.1) is 25.4 Å². The van der Waals surface area contributed by atoms with Gasteiger partial charge >= 0.3 is 6.36 Å². The molecule has 0 amide bonds. The summed E-state index contributed by atoms with van der Waals surface area (Å²) < 4.78 is 52.6. The van der Waals surface area contributed by atoms with E-state index in [-0.39, 0.29) is 12.2 Å². The fraction of sp³-hybridized carbons (Fsp3) is 0.455. The maximum absolute atomic E-state index is 12.4. The number of rotatable bonds is 5. The van der Waals surface area contributed by atoms with Crippen molar-refractivity contribution >= 4 is 0 Å². The van der Waals surface area contributed by atoms with Gasteiger partial charge in [-0.05, 0) is 46.5 Å². The van der Waals surface area contributed by atoms with E-state index in [1.54, 1.807) is 12.1 Å². The standard InChI is InChI=1S/C22H23F3O6/c23-22(24,25)31-16-3-1-12(2-4-16)7-15-9-14(8-13-5-6-29-21(13)15)18-10-17(27)20(28)19(11-26)30-18/h1-4,8-9,17-20,26-28H,5-7,10-11H2/t17-,18-,19-,20+/m1/s1. The Labute approximate surface area is 176 Å². The lowest BCUT2D eigenvalue weighted by Crippen LogP contribution is -2.47. The van der Waals surface area contributed by atoms with Crippen LogP contribution in [-0.2, 0) is 17.6 Å². The normalized spacial score (nSPS) is 25.7. The van der Waals surface area contributed by atoms with Crippen LogP contribution in [0.15, 0.2) is 36.4 Å². The number of hydrogen-bond acceptors (Lipinski definition) is 6. The lowest BCUT2D eigenvalue weighted by atomic mass is 9.90. The van der Waals surface area contributed by atoms with E-state index >= 15 is 0 Å². The highest BCUT2D eigenvalue weighted by Crippen LogP contribution is 2.38. The van der Waals surface area contributed by atoms with E-state index in [1.165, 1.54) is 12.1 Å². The van der Waals surface area contributed by atoms with Crippen LogP contribution in [0, 0.1) is 0 Å². The summed E-state index contributed by atoms with van der Waals surface area (Å²) in [5.41, 5.74) is 3.40. The number of aliphatic hydroxyl groups excluding tert-OH is 3. The Kier molecular flexibility index (Phi) is 6.11. The predicted molar refractivity (Wildman–Crippen MR) is 103 cm³/mol. The molecular weight excluding hydrogens is 417 g/mol. The zero-order valence-corrected chi connectivity index (χ0v) is 16.5. The molecule has 2 aromatic rings. The summed E-state index contributed by atoms with van der Waals surface area (Å²) >= 11 is 0. The molecule has 2 aromatic carbocycles. The Hall–Kier alpha value is -2.33. The van der Waals surface area contributed by atoms with Crippen molar-refractivity contribution in [3.8, 4) is 11.5 Å². The number of benzene rings is 2. The zero-order valence-electron chi connectivity index (χ0n) is 16.5. The summed E-state index contributed by atoms with van der Waals surface area (Å²) in [4.78, 5) is 0. The van der Waals surface area contributed by atoms with Crippen LogP contribution in [0.3, 0.4) is 0 Å². The highest BCUT2D eigenvalue weighted by atomic mass is 19.4. The molecule has 3 N–H and O–H groups in total. The Morgan fingerprint density at radius 2 is 1.84 bits per heavy atom. The molecule has 2 aliphatic heterocycles. The van der Waals surface area contributed by atoms with E-state index in [1.807, 2.05) is 12.1 Å². The minimum absolute atomic E-state index is 0.181. The monoisotopic (exact) mass is 440 g/mol. The third-order valence-corrected chi connectivity index (χ3v) is 5.56. The fourth-order valence-electron chi connectivity index (χ4n) is 4.08. The van der Waals surface area contributed by atoms with Crippen molar-refractivity contribution in [1.82, 2.24) is 0 Å². The molecule has 2 aliphatic rings. The molecule has 1 saturated heterocycles. The van der Waals surface area contributed by atoms with Gasteiger partial charge in [-0.2, -0.15) is 0 Å². The molecule has 168 valence electrons. The van der Waals surface area contributed by atoms with Crippen LogP contribution in [0.4, 0.5) is 13.2 Å². The molecule has 0 unspecified atom stereocenters. The number of fused-ring (bicyclic) bond motifs is 1. The van der Waals surface area contributed by atoms with Crippen molar-refractivity contribution in [3.05, 3.63) is 58.7 Å². The van der Waals surface area contributed by atoms with E-state index < -0.39 is 37.4 Å². The van der Waals surface area contributed by atoms with Crippen LogP contribution in [-0.4, -0.2) is 53.2 Å². The van der Waals surface area contributed by atoms with E-state index in [0.29, 0.717) is 19.4 Å². The molecule has 0 aliphatic carbocycles. The van der Waals surface area contributed by atoms with Crippen molar-refractivity contribution in [2.24, 2.45) is 0 Å². The molecule has 0 radical (unpaired) electrons. The zero-order chi connectivity index (χ0) is 22.2. The van der Waals surface area contributed by atoms with Gasteiger partial charge < -0.3 is 29.5 Å². The Morgan fingerprint density at radius 1 is 1.10 bits per heavy atom. The lowest BCUT2D eigenvalue weighted by Gasteiger charge is -2.36. The SMILES string of the molecule is OC[C@H]1O[C@@H](c2cc3c(c(Cc4ccc(OC(F)(F)F)cc4)c2)OCC3)C[C@@H](O)[C@@H]1O. The highest BCUT2D eigenvalue weighted by molar-refractivity contribution is 5.49. The maximum Gasteiger partial charge on any atom is 0.573 e. The molecular formula is C22H23F3O6. The first-order chi connectivity index (χ1) is 14.7. The van der Waals surface area contributed by atoms with Crippen molar-refractivity contribution in [3.63, 3.8) is 0 Å². The Bertz CT molecular complexity index is 915. The van der Waals surface area contributed by atoms with Gasteiger partial charge in [0, 0.05) is 19.3 Å². The van der Waals surface area contributed by atoms with Gasteiger partial charge in [-0.1, -0.05) is 12.1 Å². The minimum atomic E-state index is -4.74. The summed E-state index contributed by atoms with van der Waals surface area (Å²) in [5.74, 6) is 0.458. The van der Waals surface area contributed by atoms with Gasteiger partial charge in [-0.25, -0.2) is 0 Å². The fourth-order valence-corrected chi connectivity index (χ4v) is 4.08. The van der Waals surface area contributed by atoms with Gasteiger partial charge in [0.25, 0.3) is 0 Å². The molecule has 6 nitrogen and oxygen atoms in total. The highest BCUT2D eigenvalue weighted by Gasteiger charge is 2.37. The van der Waals surface area contributed by atoms with Crippen LogP contribution in [0.1, 0.15) is 34.8 Å². The molecule has 0 spiro atoms. The van der Waals surface area contributed by atoms with E-state index in [4.69, 9.17) is 9.47 Å². The molecule has 1 fully saturated rings. The van der Waals surface area contributed by atoms with Gasteiger partial charge in [0.1, 0.15) is 23.7 Å². The van der Waals surface area contributed by atoms with Crippen LogP contribution >= 0.6 is 0 Å². The largest absolute Gasteiger partial charge is 0.573 e. The van der Waals surface area contributed by atoms with E-state index in [9.17, 15) is 28.5 Å². The predicted octanol–water partition coefficient (Wildman–Crippen LogP) is 2.66. The second kappa shape index (κ2) is 8.66. The molecule has 4 atom stereocenters. The van der Waals surface area contributed by atoms with Crippen LogP contribution in [0.5, 0.6) is 11.5 Å². The third-order valence-electron chi connectivity index (χ3n) is 5.56. The lowest BCUT2D eigenvalue weighted by molar-refractivity contribution is -0.274. The van der Waals surface area contributed by atoms with Crippen molar-refractivity contribution in [2.45, 2.75) is 50.0 Å². The first kappa shape index (κ1) is 21.9. The first-order valence-electron chi connectivity index (χ1n) is 9.99. The molecule has 0 saturated carbocycles. The van der Waals surface area contributed by atoms with Crippen LogP contribution in [0.25, 0.3) is 0 Å². The summed E-state index contributed by atoms with van der Waals surface area (Å²) in [5, 5.41) is 29.6. The summed E-state index contributed by atoms with van der Waals surface area (Å²) in [6.07, 6.45) is -7.01. The number of halogens is 3. The number of aliphatic hydroxyl groups is 3. The van der Waals surface area contributed by atoms with E-state index in [0.717, 1.165) is 28.0 Å². The Balaban J connectivity index is 1.58. The van der Waals surface area contributed by atoms with Crippen LogP contribution in [0.2, 0.25) is 0 Å². The topological polar surface area (TPSA) is 88.4 Å². The minimum Gasteiger partial charge on any atom is -0.493 e. The number of ether oxygens (including phenoxy) is 3. The summed E-state index contributed by atoms with van der Waals surface area (Å²) in [7, 11) is 0. The Morgan fingerprint density at radius 3 is 2.52 bits per heavy atom. The van der Waals surface area contributed by atoms with Gasteiger partial charge in [0.15, 0.2) is 0 Å². The third kappa shape index (κ3) is 4.95. The van der Waals surface area contributed by atoms with Gasteiger partial charge in [-0.3, -0.25) is 0 Å². The quantitative estimate of drug-likeness (QED) is 0.663.